The summed E-state index contributed by atoms with van der Waals surface area (Å²) in [6.07, 6.45) is 1.44. The van der Waals surface area contributed by atoms with Crippen LogP contribution >= 0.6 is 0 Å². The summed E-state index contributed by atoms with van der Waals surface area (Å²) in [5.41, 5.74) is 0.564. The Balaban J connectivity index is 1.71. The largest absolute Gasteiger partial charge is 0.481 e. The fourth-order valence-electron chi connectivity index (χ4n) is 4.59. The van der Waals surface area contributed by atoms with Gasteiger partial charge in [0.05, 0.1) is 12.5 Å². The molecule has 4 rings (SSSR count). The Morgan fingerprint density at radius 1 is 0.853 bits per heavy atom. The second-order valence-corrected chi connectivity index (χ2v) is 8.53. The average molecular weight is 470 g/mol. The van der Waals surface area contributed by atoms with E-state index in [2.05, 4.69) is 0 Å². The van der Waals surface area contributed by atoms with Gasteiger partial charge >= 0.3 is 5.97 Å². The minimum absolute atomic E-state index is 0.221. The number of hydrogen-bond donors (Lipinski definition) is 1. The molecule has 0 unspecified atom stereocenters. The molecule has 3 aromatic rings. The van der Waals surface area contributed by atoms with Crippen molar-refractivity contribution in [1.82, 2.24) is 4.90 Å². The van der Waals surface area contributed by atoms with Crippen LogP contribution in [-0.2, 0) is 15.1 Å². The number of aliphatic carboxylic acids is 1. The maximum atomic E-state index is 13.8. The summed E-state index contributed by atoms with van der Waals surface area (Å²) in [5, 5.41) is 9.37. The van der Waals surface area contributed by atoms with Crippen molar-refractivity contribution >= 4 is 5.97 Å². The van der Waals surface area contributed by atoms with Gasteiger partial charge in [-0.3, -0.25) is 4.79 Å². The molecule has 7 heteroatoms. The van der Waals surface area contributed by atoms with Crippen molar-refractivity contribution in [2.24, 2.45) is 5.92 Å². The molecule has 0 amide bonds. The van der Waals surface area contributed by atoms with E-state index in [1.54, 1.807) is 36.4 Å². The lowest BCUT2D eigenvalue weighted by atomic mass is 9.80. The summed E-state index contributed by atoms with van der Waals surface area (Å²) in [7, 11) is 0. The number of ether oxygens (including phenoxy) is 1. The van der Waals surface area contributed by atoms with Crippen LogP contribution in [0.15, 0.2) is 72.8 Å². The highest BCUT2D eigenvalue weighted by molar-refractivity contribution is 5.70. The zero-order valence-electron chi connectivity index (χ0n) is 18.6. The van der Waals surface area contributed by atoms with E-state index < -0.39 is 34.9 Å². The van der Waals surface area contributed by atoms with Gasteiger partial charge in [-0.25, -0.2) is 13.2 Å². The molecule has 1 atom stereocenters. The van der Waals surface area contributed by atoms with Crippen molar-refractivity contribution in [2.75, 3.05) is 26.2 Å². The van der Waals surface area contributed by atoms with Gasteiger partial charge in [-0.15, -0.1) is 0 Å². The molecule has 0 aromatic heterocycles. The molecule has 0 saturated carbocycles. The Bertz CT molecular complexity index is 991. The predicted molar refractivity (Wildman–Crippen MR) is 122 cm³/mol. The molecule has 1 N–H and O–H groups in total. The third-order valence-electron chi connectivity index (χ3n) is 6.33. The molecule has 34 heavy (non-hydrogen) atoms. The van der Waals surface area contributed by atoms with Crippen molar-refractivity contribution in [3.05, 3.63) is 107 Å². The third-order valence-corrected chi connectivity index (χ3v) is 6.33. The van der Waals surface area contributed by atoms with Crippen LogP contribution in [0.25, 0.3) is 0 Å². The van der Waals surface area contributed by atoms with Crippen molar-refractivity contribution in [3.63, 3.8) is 0 Å². The van der Waals surface area contributed by atoms with E-state index in [9.17, 15) is 23.1 Å². The van der Waals surface area contributed by atoms with Crippen LogP contribution in [0.2, 0.25) is 0 Å². The van der Waals surface area contributed by atoms with Gasteiger partial charge in [0.1, 0.15) is 23.1 Å². The maximum absolute atomic E-state index is 13.8. The highest BCUT2D eigenvalue weighted by atomic mass is 19.1. The van der Waals surface area contributed by atoms with Crippen LogP contribution in [0.3, 0.4) is 0 Å². The number of hydrogen-bond acceptors (Lipinski definition) is 3. The zero-order valence-corrected chi connectivity index (χ0v) is 18.6. The lowest BCUT2D eigenvalue weighted by molar-refractivity contribution is -0.143. The molecule has 3 aromatic carbocycles. The Morgan fingerprint density at radius 2 is 1.29 bits per heavy atom. The maximum Gasteiger partial charge on any atom is 0.307 e. The van der Waals surface area contributed by atoms with Crippen molar-refractivity contribution in [3.8, 4) is 0 Å². The van der Waals surface area contributed by atoms with E-state index in [0.717, 1.165) is 13.0 Å². The van der Waals surface area contributed by atoms with Gasteiger partial charge in [0.25, 0.3) is 0 Å². The van der Waals surface area contributed by atoms with Gasteiger partial charge in [0.15, 0.2) is 0 Å². The summed E-state index contributed by atoms with van der Waals surface area (Å²) >= 11 is 0. The topological polar surface area (TPSA) is 49.8 Å². The number of halogens is 3. The van der Waals surface area contributed by atoms with Crippen LogP contribution in [0.1, 0.15) is 29.5 Å². The second-order valence-electron chi connectivity index (χ2n) is 8.53. The lowest BCUT2D eigenvalue weighted by Gasteiger charge is -2.37. The quantitative estimate of drug-likeness (QED) is 0.460. The first kappa shape index (κ1) is 24.0. The first-order valence-corrected chi connectivity index (χ1v) is 11.3. The molecule has 1 aliphatic rings. The van der Waals surface area contributed by atoms with Crippen LogP contribution in [0.5, 0.6) is 0 Å². The first-order valence-electron chi connectivity index (χ1n) is 11.3. The molecule has 0 aliphatic carbocycles. The number of rotatable bonds is 8. The van der Waals surface area contributed by atoms with E-state index >= 15 is 0 Å². The van der Waals surface area contributed by atoms with Crippen LogP contribution < -0.4 is 0 Å². The van der Waals surface area contributed by atoms with Gasteiger partial charge in [-0.1, -0.05) is 36.4 Å². The van der Waals surface area contributed by atoms with Crippen LogP contribution in [0, 0.1) is 23.4 Å². The molecule has 0 bridgehead atoms. The Hall–Kier alpha value is -3.16. The molecule has 4 nitrogen and oxygen atoms in total. The van der Waals surface area contributed by atoms with E-state index in [4.69, 9.17) is 4.74 Å². The first-order chi connectivity index (χ1) is 16.4. The summed E-state index contributed by atoms with van der Waals surface area (Å²) in [4.78, 5) is 13.5. The summed E-state index contributed by atoms with van der Waals surface area (Å²) in [6, 6.07) is 17.5. The molecule has 1 fully saturated rings. The standard InChI is InChI=1S/C27H26F3NO3/c28-23-9-3-20(4-10-23)27(21-5-11-24(29)12-6-21,22-7-13-25(30)14-8-22)34-17-16-31-15-1-2-19(18-31)26(32)33/h3-14,19H,1-2,15-18H2,(H,32,33)/t19-/m0/s1. The molecule has 178 valence electrons. The fourth-order valence-corrected chi connectivity index (χ4v) is 4.59. The molecular formula is C27H26F3NO3. The summed E-state index contributed by atoms with van der Waals surface area (Å²) < 4.78 is 47.9. The highest BCUT2D eigenvalue weighted by Gasteiger charge is 2.38. The fraction of sp³-hybridized carbons (Fsp3) is 0.296. The number of piperidine rings is 1. The Kier molecular flexibility index (Phi) is 7.34. The monoisotopic (exact) mass is 469 g/mol. The molecule has 1 aliphatic heterocycles. The van der Waals surface area contributed by atoms with Crippen LogP contribution in [-0.4, -0.2) is 42.2 Å². The lowest BCUT2D eigenvalue weighted by Crippen LogP contribution is -2.42. The van der Waals surface area contributed by atoms with Gasteiger partial charge in [0, 0.05) is 13.1 Å². The normalized spacial score (nSPS) is 17.0. The van der Waals surface area contributed by atoms with Gasteiger partial charge in [-0.05, 0) is 72.5 Å². The van der Waals surface area contributed by atoms with E-state index in [1.807, 2.05) is 4.90 Å². The minimum Gasteiger partial charge on any atom is -0.481 e. The average Bonchev–Trinajstić information content (AvgIpc) is 2.84. The minimum atomic E-state index is -1.25. The van der Waals surface area contributed by atoms with E-state index in [0.29, 0.717) is 36.2 Å². The van der Waals surface area contributed by atoms with E-state index in [1.165, 1.54) is 36.4 Å². The Labute approximate surface area is 196 Å². The molecule has 1 heterocycles. The predicted octanol–water partition coefficient (Wildman–Crippen LogP) is 5.21. The van der Waals surface area contributed by atoms with E-state index in [-0.39, 0.29) is 6.61 Å². The molecule has 0 spiro atoms. The number of nitrogens with zero attached hydrogens (tertiary/aromatic N) is 1. The smallest absolute Gasteiger partial charge is 0.307 e. The SMILES string of the molecule is O=C(O)[C@H]1CCCN(CCOC(c2ccc(F)cc2)(c2ccc(F)cc2)c2ccc(F)cc2)C1. The van der Waals surface area contributed by atoms with Gasteiger partial charge in [-0.2, -0.15) is 0 Å². The summed E-state index contributed by atoms with van der Waals surface area (Å²) in [6.45, 7) is 1.91. The van der Waals surface area contributed by atoms with Crippen molar-refractivity contribution in [2.45, 2.75) is 18.4 Å². The third kappa shape index (κ3) is 5.16. The highest BCUT2D eigenvalue weighted by Crippen LogP contribution is 2.41. The number of carboxylic acids is 1. The Morgan fingerprint density at radius 3 is 1.71 bits per heavy atom. The second kappa shape index (κ2) is 10.4. The summed E-state index contributed by atoms with van der Waals surface area (Å²) in [5.74, 6) is -2.45. The van der Waals surface area contributed by atoms with Gasteiger partial charge < -0.3 is 14.7 Å². The number of carbonyl (C=O) groups is 1. The number of carboxylic acid groups (broad SMARTS) is 1. The van der Waals surface area contributed by atoms with Crippen LogP contribution in [0.4, 0.5) is 13.2 Å². The van der Waals surface area contributed by atoms with Gasteiger partial charge in [0.2, 0.25) is 0 Å². The molecular weight excluding hydrogens is 443 g/mol. The van der Waals surface area contributed by atoms with Crippen molar-refractivity contribution in [1.29, 1.82) is 0 Å². The number of benzene rings is 3. The zero-order chi connectivity index (χ0) is 24.1. The molecule has 0 radical (unpaired) electrons. The molecule has 1 saturated heterocycles. The van der Waals surface area contributed by atoms with Crippen molar-refractivity contribution < 1.29 is 27.8 Å². The number of likely N-dealkylation sites (tertiary alicyclic amines) is 1.